The number of rotatable bonds is 3. The monoisotopic (exact) mass is 211 g/mol. The van der Waals surface area contributed by atoms with Crippen molar-refractivity contribution in [1.82, 2.24) is 0 Å². The van der Waals surface area contributed by atoms with Crippen LogP contribution in [0.2, 0.25) is 0 Å². The molecule has 0 saturated carbocycles. The van der Waals surface area contributed by atoms with Crippen LogP contribution in [0.1, 0.15) is 5.56 Å². The fourth-order valence-electron chi connectivity index (χ4n) is 1.11. The molecule has 0 spiro atoms. The fraction of sp³-hybridized carbons (Fsp3) is 0.200. The molecule has 0 aliphatic carbocycles. The summed E-state index contributed by atoms with van der Waals surface area (Å²) in [5, 5.41) is 0. The minimum atomic E-state index is -3.11. The van der Waals surface area contributed by atoms with E-state index in [9.17, 15) is 8.42 Å². The molecule has 14 heavy (non-hydrogen) atoms. The summed E-state index contributed by atoms with van der Waals surface area (Å²) in [4.78, 5) is 0.348. The summed E-state index contributed by atoms with van der Waals surface area (Å²) in [5.41, 5.74) is 6.14. The molecule has 76 valence electrons. The van der Waals surface area contributed by atoms with Crippen LogP contribution in [0.15, 0.2) is 41.4 Å². The first kappa shape index (κ1) is 10.8. The van der Waals surface area contributed by atoms with E-state index in [-0.39, 0.29) is 0 Å². The molecule has 0 aliphatic rings. The summed E-state index contributed by atoms with van der Waals surface area (Å²) in [6, 6.07) is 6.85. The van der Waals surface area contributed by atoms with Crippen molar-refractivity contribution >= 4 is 9.84 Å². The Labute approximate surface area is 84.2 Å². The summed E-state index contributed by atoms with van der Waals surface area (Å²) in [7, 11) is -3.11. The van der Waals surface area contributed by atoms with Gasteiger partial charge in [0.05, 0.1) is 4.90 Å². The Bertz CT molecular complexity index is 435. The number of hydrogen-bond donors (Lipinski definition) is 1. The molecule has 0 fully saturated rings. The Morgan fingerprint density at radius 2 is 2.14 bits per heavy atom. The lowest BCUT2D eigenvalue weighted by molar-refractivity contribution is 0.602. The molecule has 1 aromatic carbocycles. The predicted octanol–water partition coefficient (Wildman–Crippen LogP) is 1.11. The minimum Gasteiger partial charge on any atom is -0.405 e. The topological polar surface area (TPSA) is 60.2 Å². The molecule has 0 unspecified atom stereocenters. The summed E-state index contributed by atoms with van der Waals surface area (Å²) < 4.78 is 22.4. The summed E-state index contributed by atoms with van der Waals surface area (Å²) >= 11 is 0. The van der Waals surface area contributed by atoms with E-state index < -0.39 is 9.84 Å². The Morgan fingerprint density at radius 1 is 1.43 bits per heavy atom. The van der Waals surface area contributed by atoms with E-state index in [1.165, 1.54) is 12.5 Å². The zero-order valence-electron chi connectivity index (χ0n) is 7.97. The summed E-state index contributed by atoms with van der Waals surface area (Å²) in [6.07, 6.45) is 5.08. The predicted molar refractivity (Wildman–Crippen MR) is 56.6 cm³/mol. The van der Waals surface area contributed by atoms with Gasteiger partial charge in [0.25, 0.3) is 0 Å². The lowest BCUT2D eigenvalue weighted by Crippen LogP contribution is -1.97. The highest BCUT2D eigenvalue weighted by Gasteiger charge is 2.06. The van der Waals surface area contributed by atoms with Crippen molar-refractivity contribution in [2.45, 2.75) is 11.3 Å². The lowest BCUT2D eigenvalue weighted by atomic mass is 10.1. The van der Waals surface area contributed by atoms with Gasteiger partial charge in [0.2, 0.25) is 0 Å². The van der Waals surface area contributed by atoms with Gasteiger partial charge in [-0.3, -0.25) is 0 Å². The van der Waals surface area contributed by atoms with E-state index in [2.05, 4.69) is 0 Å². The van der Waals surface area contributed by atoms with Crippen LogP contribution in [0, 0.1) is 0 Å². The number of benzene rings is 1. The third-order valence-corrected chi connectivity index (χ3v) is 2.93. The Kier molecular flexibility index (Phi) is 3.30. The molecular formula is C10H13NO2S. The van der Waals surface area contributed by atoms with Gasteiger partial charge in [-0.25, -0.2) is 8.42 Å². The normalized spacial score (nSPS) is 12.1. The molecule has 1 rings (SSSR count). The van der Waals surface area contributed by atoms with Crippen molar-refractivity contribution in [3.63, 3.8) is 0 Å². The first-order valence-corrected chi connectivity index (χ1v) is 6.09. The maximum absolute atomic E-state index is 11.2. The molecule has 1 aromatic rings. The first-order valence-electron chi connectivity index (χ1n) is 4.20. The highest BCUT2D eigenvalue weighted by Crippen LogP contribution is 2.11. The maximum atomic E-state index is 11.2. The number of nitrogens with two attached hydrogens (primary N) is 1. The van der Waals surface area contributed by atoms with Crippen LogP contribution >= 0.6 is 0 Å². The van der Waals surface area contributed by atoms with Crippen molar-refractivity contribution in [3.8, 4) is 0 Å². The van der Waals surface area contributed by atoms with Crippen LogP contribution in [0.3, 0.4) is 0 Å². The van der Waals surface area contributed by atoms with Crippen molar-refractivity contribution in [2.75, 3.05) is 6.26 Å². The quantitative estimate of drug-likeness (QED) is 0.814. The lowest BCUT2D eigenvalue weighted by Gasteiger charge is -2.00. The molecule has 0 heterocycles. The molecule has 0 aromatic heterocycles. The smallest absolute Gasteiger partial charge is 0.175 e. The highest BCUT2D eigenvalue weighted by atomic mass is 32.2. The van der Waals surface area contributed by atoms with Gasteiger partial charge in [0.15, 0.2) is 9.84 Å². The van der Waals surface area contributed by atoms with Gasteiger partial charge in [0, 0.05) is 6.26 Å². The van der Waals surface area contributed by atoms with E-state index >= 15 is 0 Å². The first-order chi connectivity index (χ1) is 6.54. The fourth-order valence-corrected chi connectivity index (χ4v) is 1.80. The summed E-state index contributed by atoms with van der Waals surface area (Å²) in [6.45, 7) is 0. The van der Waals surface area contributed by atoms with Gasteiger partial charge < -0.3 is 5.73 Å². The average molecular weight is 211 g/mol. The summed E-state index contributed by atoms with van der Waals surface area (Å²) in [5.74, 6) is 0. The van der Waals surface area contributed by atoms with Gasteiger partial charge in [0.1, 0.15) is 0 Å². The molecule has 3 nitrogen and oxygen atoms in total. The van der Waals surface area contributed by atoms with Crippen LogP contribution in [-0.4, -0.2) is 14.7 Å². The van der Waals surface area contributed by atoms with Gasteiger partial charge in [-0.15, -0.1) is 0 Å². The van der Waals surface area contributed by atoms with Crippen molar-refractivity contribution < 1.29 is 8.42 Å². The third kappa shape index (κ3) is 2.88. The van der Waals surface area contributed by atoms with E-state index in [0.29, 0.717) is 11.3 Å². The van der Waals surface area contributed by atoms with Crippen molar-refractivity contribution in [2.24, 2.45) is 5.73 Å². The SMILES string of the molecule is CS(=O)(=O)c1cccc(C/C=C/N)c1. The second-order valence-corrected chi connectivity index (χ2v) is 5.07. The van der Waals surface area contributed by atoms with E-state index in [1.54, 1.807) is 24.3 Å². The van der Waals surface area contributed by atoms with Gasteiger partial charge >= 0.3 is 0 Å². The average Bonchev–Trinajstić information content (AvgIpc) is 2.14. The molecular weight excluding hydrogens is 198 g/mol. The number of sulfone groups is 1. The van der Waals surface area contributed by atoms with Crippen LogP contribution in [-0.2, 0) is 16.3 Å². The highest BCUT2D eigenvalue weighted by molar-refractivity contribution is 7.90. The van der Waals surface area contributed by atoms with E-state index in [0.717, 1.165) is 5.56 Å². The number of hydrogen-bond acceptors (Lipinski definition) is 3. The zero-order chi connectivity index (χ0) is 10.6. The molecule has 0 saturated heterocycles. The largest absolute Gasteiger partial charge is 0.405 e. The zero-order valence-corrected chi connectivity index (χ0v) is 8.79. The van der Waals surface area contributed by atoms with Crippen molar-refractivity contribution in [3.05, 3.63) is 42.1 Å². The molecule has 4 heteroatoms. The second-order valence-electron chi connectivity index (χ2n) is 3.05. The van der Waals surface area contributed by atoms with E-state index in [1.807, 2.05) is 6.07 Å². The van der Waals surface area contributed by atoms with Crippen LogP contribution in [0.25, 0.3) is 0 Å². The van der Waals surface area contributed by atoms with Gasteiger partial charge in [-0.1, -0.05) is 18.2 Å². The molecule has 0 atom stereocenters. The molecule has 2 N–H and O–H groups in total. The Balaban J connectivity index is 3.02. The second kappa shape index (κ2) is 4.28. The Hall–Kier alpha value is -1.29. The van der Waals surface area contributed by atoms with Crippen molar-refractivity contribution in [1.29, 1.82) is 0 Å². The Morgan fingerprint density at radius 3 is 2.71 bits per heavy atom. The third-order valence-electron chi connectivity index (χ3n) is 1.82. The van der Waals surface area contributed by atoms with E-state index in [4.69, 9.17) is 5.73 Å². The molecule has 0 bridgehead atoms. The van der Waals surface area contributed by atoms with Gasteiger partial charge in [-0.2, -0.15) is 0 Å². The van der Waals surface area contributed by atoms with Gasteiger partial charge in [-0.05, 0) is 30.3 Å². The molecule has 0 radical (unpaired) electrons. The maximum Gasteiger partial charge on any atom is 0.175 e. The van der Waals surface area contributed by atoms with Crippen LogP contribution < -0.4 is 5.73 Å². The number of allylic oxidation sites excluding steroid dienone is 1. The molecule has 0 aliphatic heterocycles. The molecule has 0 amide bonds. The standard InChI is InChI=1S/C10H13NO2S/c1-14(12,13)10-6-2-4-9(8-10)5-3-7-11/h2-4,6-8H,5,11H2,1H3/b7-3+. The minimum absolute atomic E-state index is 0.348. The van der Waals surface area contributed by atoms with Crippen LogP contribution in [0.5, 0.6) is 0 Å². The van der Waals surface area contributed by atoms with Crippen LogP contribution in [0.4, 0.5) is 0 Å².